The average Bonchev–Trinajstić information content (AvgIpc) is 2.84. The maximum Gasteiger partial charge on any atom is 0.416 e. The number of benzene rings is 2. The number of nitrogens with two attached hydrogens (primary N) is 1. The highest BCUT2D eigenvalue weighted by atomic mass is 32.2. The largest absolute Gasteiger partial charge is 0.478 e. The number of sulfonamides is 1. The quantitative estimate of drug-likeness (QED) is 0.237. The number of rotatable bonds is 6. The predicted octanol–water partition coefficient (Wildman–Crippen LogP) is 5.02. The summed E-state index contributed by atoms with van der Waals surface area (Å²) in [6.45, 7) is 3.55. The summed E-state index contributed by atoms with van der Waals surface area (Å²) in [5.74, 6) is -1.17. The lowest BCUT2D eigenvalue weighted by Crippen LogP contribution is -2.15. The number of aromatic nitrogens is 3. The van der Waals surface area contributed by atoms with Gasteiger partial charge in [-0.15, -0.1) is 0 Å². The molecule has 14 heteroatoms. The van der Waals surface area contributed by atoms with Gasteiger partial charge in [-0.3, -0.25) is 0 Å². The fraction of sp³-hybridized carbons (Fsp3) is 0.120. The molecule has 0 radical (unpaired) electrons. The van der Waals surface area contributed by atoms with Gasteiger partial charge in [0.05, 0.1) is 10.5 Å². The second kappa shape index (κ2) is 11.8. The molecule has 5 N–H and O–H groups in total. The number of alkyl halides is 3. The Bertz CT molecular complexity index is 1560. The standard InChI is InChI=1S/C13H9F3N2O2.C12H14N4O2S/c14-13(15,16)8-3-1-4-9(7-8)18-11-10(12(19)20)5-2-6-17-11;1-8-7-9(2)15-12(14-8)16-19(17,18)11-5-3-10(13)4-6-11/h1-7H,(H,17,18)(H,19,20);3-7H,13H2,1-2H3,(H,14,15,16). The molecule has 204 valence electrons. The van der Waals surface area contributed by atoms with E-state index in [2.05, 4.69) is 25.0 Å². The van der Waals surface area contributed by atoms with Crippen molar-refractivity contribution in [3.63, 3.8) is 0 Å². The molecule has 0 saturated heterocycles. The first-order chi connectivity index (χ1) is 18.2. The van der Waals surface area contributed by atoms with Gasteiger partial charge in [-0.05, 0) is 74.5 Å². The Morgan fingerprint density at radius 1 is 0.949 bits per heavy atom. The van der Waals surface area contributed by atoms with Gasteiger partial charge in [0.2, 0.25) is 5.95 Å². The van der Waals surface area contributed by atoms with Gasteiger partial charge in [-0.25, -0.2) is 32.9 Å². The number of pyridine rings is 1. The van der Waals surface area contributed by atoms with Crippen molar-refractivity contribution < 1.29 is 31.5 Å². The van der Waals surface area contributed by atoms with E-state index in [0.29, 0.717) is 17.1 Å². The summed E-state index contributed by atoms with van der Waals surface area (Å²) in [5, 5.41) is 11.5. The number of nitrogen functional groups attached to an aromatic ring is 1. The Balaban J connectivity index is 0.000000216. The topological polar surface area (TPSA) is 160 Å². The molecule has 0 saturated carbocycles. The molecule has 2 aromatic heterocycles. The molecule has 0 fully saturated rings. The molecule has 0 aliphatic carbocycles. The van der Waals surface area contributed by atoms with Gasteiger partial charge < -0.3 is 16.2 Å². The number of anilines is 4. The molecule has 0 unspecified atom stereocenters. The number of halogens is 3. The van der Waals surface area contributed by atoms with Crippen LogP contribution in [0.1, 0.15) is 27.3 Å². The molecule has 0 bridgehead atoms. The first-order valence-electron chi connectivity index (χ1n) is 11.1. The Kier molecular flexibility index (Phi) is 8.71. The van der Waals surface area contributed by atoms with Crippen LogP contribution in [0.5, 0.6) is 0 Å². The number of carbonyl (C=O) groups is 1. The normalized spacial score (nSPS) is 11.2. The predicted molar refractivity (Wildman–Crippen MR) is 139 cm³/mol. The van der Waals surface area contributed by atoms with Crippen molar-refractivity contribution in [3.8, 4) is 0 Å². The third-order valence-electron chi connectivity index (χ3n) is 4.89. The minimum atomic E-state index is -4.46. The van der Waals surface area contributed by atoms with Crippen LogP contribution in [-0.2, 0) is 16.2 Å². The van der Waals surface area contributed by atoms with Gasteiger partial charge in [0.25, 0.3) is 10.0 Å². The van der Waals surface area contributed by atoms with Crippen LogP contribution in [0.2, 0.25) is 0 Å². The first kappa shape index (κ1) is 28.8. The molecule has 0 atom stereocenters. The van der Waals surface area contributed by atoms with Crippen LogP contribution in [0.3, 0.4) is 0 Å². The van der Waals surface area contributed by atoms with Gasteiger partial charge in [0.1, 0.15) is 11.4 Å². The summed E-state index contributed by atoms with van der Waals surface area (Å²) in [4.78, 5) is 23.0. The Hall–Kier alpha value is -4.72. The molecule has 2 heterocycles. The van der Waals surface area contributed by atoms with Crippen molar-refractivity contribution in [2.45, 2.75) is 24.9 Å². The lowest BCUT2D eigenvalue weighted by molar-refractivity contribution is -0.137. The van der Waals surface area contributed by atoms with E-state index in [0.717, 1.165) is 12.1 Å². The molecular formula is C25H23F3N6O4S. The number of carboxylic acid groups (broad SMARTS) is 1. The maximum atomic E-state index is 12.6. The van der Waals surface area contributed by atoms with Crippen molar-refractivity contribution in [1.29, 1.82) is 0 Å². The summed E-state index contributed by atoms with van der Waals surface area (Å²) in [5.41, 5.74) is 6.59. The van der Waals surface area contributed by atoms with Gasteiger partial charge in [0, 0.05) is 29.0 Å². The molecule has 0 spiro atoms. The lowest BCUT2D eigenvalue weighted by Gasteiger charge is -2.11. The second-order valence-corrected chi connectivity index (χ2v) is 9.74. The zero-order valence-electron chi connectivity index (χ0n) is 20.6. The lowest BCUT2D eigenvalue weighted by atomic mass is 10.2. The summed E-state index contributed by atoms with van der Waals surface area (Å²) in [7, 11) is -3.69. The molecule has 39 heavy (non-hydrogen) atoms. The zero-order chi connectivity index (χ0) is 28.8. The smallest absolute Gasteiger partial charge is 0.416 e. The van der Waals surface area contributed by atoms with E-state index in [9.17, 15) is 26.4 Å². The summed E-state index contributed by atoms with van der Waals surface area (Å²) in [6.07, 6.45) is -3.11. The van der Waals surface area contributed by atoms with Crippen LogP contribution >= 0.6 is 0 Å². The monoisotopic (exact) mass is 560 g/mol. The number of nitrogens with zero attached hydrogens (tertiary/aromatic N) is 3. The summed E-state index contributed by atoms with van der Waals surface area (Å²) < 4.78 is 64.3. The SMILES string of the molecule is Cc1cc(C)nc(NS(=O)(=O)c2ccc(N)cc2)n1.O=C(O)c1cccnc1Nc1cccc(C(F)(F)F)c1. The van der Waals surface area contributed by atoms with Gasteiger partial charge in [-0.1, -0.05) is 6.07 Å². The van der Waals surface area contributed by atoms with Crippen LogP contribution in [0, 0.1) is 13.8 Å². The summed E-state index contributed by atoms with van der Waals surface area (Å²) in [6, 6.07) is 14.9. The van der Waals surface area contributed by atoms with Crippen molar-refractivity contribution in [3.05, 3.63) is 95.4 Å². The van der Waals surface area contributed by atoms with E-state index in [1.54, 1.807) is 19.9 Å². The van der Waals surface area contributed by atoms with E-state index in [1.807, 2.05) is 0 Å². The maximum absolute atomic E-state index is 12.6. The Morgan fingerprint density at radius 2 is 1.59 bits per heavy atom. The molecule has 2 aromatic carbocycles. The zero-order valence-corrected chi connectivity index (χ0v) is 21.4. The third-order valence-corrected chi connectivity index (χ3v) is 6.23. The van der Waals surface area contributed by atoms with E-state index >= 15 is 0 Å². The van der Waals surface area contributed by atoms with Crippen LogP contribution in [-0.4, -0.2) is 34.4 Å². The van der Waals surface area contributed by atoms with Gasteiger partial charge in [-0.2, -0.15) is 13.2 Å². The average molecular weight is 561 g/mol. The number of hydrogen-bond donors (Lipinski definition) is 4. The van der Waals surface area contributed by atoms with Crippen LogP contribution in [0.4, 0.5) is 36.3 Å². The highest BCUT2D eigenvalue weighted by Crippen LogP contribution is 2.31. The minimum absolute atomic E-state index is 0.0145. The number of hydrogen-bond acceptors (Lipinski definition) is 8. The number of nitrogens with one attached hydrogen (secondary N) is 2. The van der Waals surface area contributed by atoms with E-state index < -0.39 is 27.7 Å². The number of aryl methyl sites for hydroxylation is 2. The molecular weight excluding hydrogens is 537 g/mol. The van der Waals surface area contributed by atoms with Crippen molar-refractivity contribution in [2.75, 3.05) is 15.8 Å². The third kappa shape index (κ3) is 8.13. The van der Waals surface area contributed by atoms with Crippen molar-refractivity contribution in [2.24, 2.45) is 0 Å². The van der Waals surface area contributed by atoms with Crippen LogP contribution in [0.25, 0.3) is 0 Å². The van der Waals surface area contributed by atoms with Crippen LogP contribution < -0.4 is 15.8 Å². The van der Waals surface area contributed by atoms with E-state index in [-0.39, 0.29) is 27.9 Å². The van der Waals surface area contributed by atoms with E-state index in [1.165, 1.54) is 54.7 Å². The van der Waals surface area contributed by atoms with Crippen molar-refractivity contribution >= 4 is 39.1 Å². The molecule has 10 nitrogen and oxygen atoms in total. The summed E-state index contributed by atoms with van der Waals surface area (Å²) >= 11 is 0. The molecule has 0 aliphatic rings. The Morgan fingerprint density at radius 3 is 2.18 bits per heavy atom. The van der Waals surface area contributed by atoms with Gasteiger partial charge in [0.15, 0.2) is 0 Å². The first-order valence-corrected chi connectivity index (χ1v) is 12.6. The fourth-order valence-corrected chi connectivity index (χ4v) is 4.13. The van der Waals surface area contributed by atoms with Crippen molar-refractivity contribution in [1.82, 2.24) is 15.0 Å². The van der Waals surface area contributed by atoms with Gasteiger partial charge >= 0.3 is 12.1 Å². The van der Waals surface area contributed by atoms with Crippen LogP contribution in [0.15, 0.2) is 77.8 Å². The highest BCUT2D eigenvalue weighted by Gasteiger charge is 2.30. The molecule has 4 rings (SSSR count). The highest BCUT2D eigenvalue weighted by molar-refractivity contribution is 7.92. The molecule has 4 aromatic rings. The number of aromatic carboxylic acids is 1. The fourth-order valence-electron chi connectivity index (χ4n) is 3.19. The molecule has 0 aliphatic heterocycles. The second-order valence-electron chi connectivity index (χ2n) is 8.06. The van der Waals surface area contributed by atoms with E-state index in [4.69, 9.17) is 10.8 Å². The molecule has 0 amide bonds. The minimum Gasteiger partial charge on any atom is -0.478 e. The Labute approximate surface area is 221 Å². The number of carboxylic acids is 1.